The van der Waals surface area contributed by atoms with Crippen molar-refractivity contribution in [2.75, 3.05) is 25.0 Å². The van der Waals surface area contributed by atoms with E-state index in [-0.39, 0.29) is 0 Å². The fraction of sp³-hybridized carbons (Fsp3) is 0.438. The van der Waals surface area contributed by atoms with Crippen LogP contribution in [-0.4, -0.2) is 32.1 Å². The van der Waals surface area contributed by atoms with Crippen molar-refractivity contribution in [1.82, 2.24) is 10.6 Å². The van der Waals surface area contributed by atoms with E-state index in [1.807, 2.05) is 0 Å². The molecular weight excluding hydrogens is 248 g/mol. The Morgan fingerprint density at radius 2 is 1.85 bits per heavy atom. The van der Waals surface area contributed by atoms with Gasteiger partial charge in [0, 0.05) is 38.4 Å². The van der Waals surface area contributed by atoms with E-state index >= 15 is 0 Å². The lowest BCUT2D eigenvalue weighted by atomic mass is 10.2. The summed E-state index contributed by atoms with van der Waals surface area (Å²) in [6.45, 7) is 7.02. The van der Waals surface area contributed by atoms with Crippen molar-refractivity contribution >= 4 is 11.6 Å². The average Bonchev–Trinajstić information content (AvgIpc) is 2.97. The van der Waals surface area contributed by atoms with Gasteiger partial charge < -0.3 is 15.5 Å². The van der Waals surface area contributed by atoms with Crippen molar-refractivity contribution in [3.8, 4) is 0 Å². The van der Waals surface area contributed by atoms with Gasteiger partial charge in [0.2, 0.25) is 0 Å². The fourth-order valence-corrected chi connectivity index (χ4v) is 2.17. The van der Waals surface area contributed by atoms with Gasteiger partial charge in [-0.05, 0) is 31.5 Å². The lowest BCUT2D eigenvalue weighted by Crippen LogP contribution is -2.40. The van der Waals surface area contributed by atoms with E-state index in [1.165, 1.54) is 11.3 Å². The zero-order valence-electron chi connectivity index (χ0n) is 12.6. The predicted molar refractivity (Wildman–Crippen MR) is 86.3 cm³/mol. The van der Waals surface area contributed by atoms with Crippen LogP contribution in [0.5, 0.6) is 0 Å². The van der Waals surface area contributed by atoms with E-state index in [0.29, 0.717) is 6.04 Å². The van der Waals surface area contributed by atoms with E-state index in [0.717, 1.165) is 25.6 Å². The van der Waals surface area contributed by atoms with Crippen molar-refractivity contribution in [2.24, 2.45) is 4.99 Å². The molecule has 1 aromatic rings. The molecule has 0 unspecified atom stereocenters. The van der Waals surface area contributed by atoms with Crippen LogP contribution in [0.15, 0.2) is 41.4 Å². The van der Waals surface area contributed by atoms with E-state index in [1.54, 1.807) is 7.05 Å². The molecule has 0 amide bonds. The van der Waals surface area contributed by atoms with Crippen LogP contribution < -0.4 is 15.5 Å². The normalized spacial score (nSPS) is 15.0. The van der Waals surface area contributed by atoms with Crippen molar-refractivity contribution in [2.45, 2.75) is 26.4 Å². The molecule has 1 heterocycles. The van der Waals surface area contributed by atoms with Crippen molar-refractivity contribution in [1.29, 1.82) is 0 Å². The molecule has 0 aromatic heterocycles. The van der Waals surface area contributed by atoms with Crippen LogP contribution in [0.3, 0.4) is 0 Å². The molecule has 0 radical (unpaired) electrons. The van der Waals surface area contributed by atoms with Gasteiger partial charge >= 0.3 is 0 Å². The molecule has 4 nitrogen and oxygen atoms in total. The fourth-order valence-electron chi connectivity index (χ4n) is 2.17. The Hall–Kier alpha value is -1.97. The number of guanidine groups is 1. The summed E-state index contributed by atoms with van der Waals surface area (Å²) in [6, 6.07) is 9.09. The van der Waals surface area contributed by atoms with Crippen LogP contribution in [0.2, 0.25) is 0 Å². The molecule has 108 valence electrons. The van der Waals surface area contributed by atoms with Crippen molar-refractivity contribution in [3.05, 3.63) is 42.0 Å². The van der Waals surface area contributed by atoms with Crippen LogP contribution in [0.1, 0.15) is 19.4 Å². The highest BCUT2D eigenvalue weighted by molar-refractivity contribution is 5.79. The Bertz CT molecular complexity index is 466. The number of benzene rings is 1. The Morgan fingerprint density at radius 1 is 1.20 bits per heavy atom. The molecule has 0 saturated carbocycles. The van der Waals surface area contributed by atoms with Gasteiger partial charge in [0.25, 0.3) is 0 Å². The van der Waals surface area contributed by atoms with Gasteiger partial charge in [-0.25, -0.2) is 0 Å². The van der Waals surface area contributed by atoms with Gasteiger partial charge in [-0.1, -0.05) is 24.3 Å². The number of hydrogen-bond acceptors (Lipinski definition) is 2. The molecule has 2 rings (SSSR count). The summed E-state index contributed by atoms with van der Waals surface area (Å²) in [4.78, 5) is 6.55. The third kappa shape index (κ3) is 4.02. The van der Waals surface area contributed by atoms with Crippen LogP contribution in [0, 0.1) is 0 Å². The highest BCUT2D eigenvalue weighted by Gasteiger charge is 2.07. The van der Waals surface area contributed by atoms with E-state index in [4.69, 9.17) is 0 Å². The molecule has 2 N–H and O–H groups in total. The number of nitrogens with zero attached hydrogens (tertiary/aromatic N) is 2. The maximum Gasteiger partial charge on any atom is 0.191 e. The molecule has 1 aliphatic rings. The third-order valence-electron chi connectivity index (χ3n) is 3.23. The summed E-state index contributed by atoms with van der Waals surface area (Å²) in [5.41, 5.74) is 2.54. The molecule has 4 heteroatoms. The maximum absolute atomic E-state index is 4.20. The number of anilines is 1. The number of nitrogens with one attached hydrogen (secondary N) is 2. The molecule has 0 bridgehead atoms. The first-order chi connectivity index (χ1) is 9.69. The van der Waals surface area contributed by atoms with Gasteiger partial charge in [0.05, 0.1) is 0 Å². The largest absolute Gasteiger partial charge is 0.364 e. The Kier molecular flexibility index (Phi) is 5.04. The van der Waals surface area contributed by atoms with Crippen molar-refractivity contribution < 1.29 is 0 Å². The van der Waals surface area contributed by atoms with Crippen molar-refractivity contribution in [3.63, 3.8) is 0 Å². The molecule has 0 aliphatic carbocycles. The Morgan fingerprint density at radius 3 is 2.40 bits per heavy atom. The highest BCUT2D eigenvalue weighted by atomic mass is 15.2. The number of rotatable bonds is 4. The molecular formula is C16H24N4. The van der Waals surface area contributed by atoms with E-state index in [9.17, 15) is 0 Å². The minimum Gasteiger partial charge on any atom is -0.364 e. The van der Waals surface area contributed by atoms with Crippen LogP contribution >= 0.6 is 0 Å². The first kappa shape index (κ1) is 14.4. The summed E-state index contributed by atoms with van der Waals surface area (Å²) >= 11 is 0. The molecule has 1 aromatic carbocycles. The quantitative estimate of drug-likeness (QED) is 0.501. The Labute approximate surface area is 121 Å². The topological polar surface area (TPSA) is 39.7 Å². The lowest BCUT2D eigenvalue weighted by Gasteiger charge is -2.18. The van der Waals surface area contributed by atoms with E-state index < -0.39 is 0 Å². The maximum atomic E-state index is 4.20. The first-order valence-corrected chi connectivity index (χ1v) is 7.15. The zero-order valence-corrected chi connectivity index (χ0v) is 12.6. The molecule has 1 aliphatic heterocycles. The first-order valence-electron chi connectivity index (χ1n) is 7.15. The summed E-state index contributed by atoms with van der Waals surface area (Å²) in [5.74, 6) is 0.841. The average molecular weight is 272 g/mol. The van der Waals surface area contributed by atoms with E-state index in [2.05, 4.69) is 70.8 Å². The number of aliphatic imine (C=N–C) groups is 1. The second-order valence-electron chi connectivity index (χ2n) is 5.27. The Balaban J connectivity index is 1.87. The van der Waals surface area contributed by atoms with Gasteiger partial charge in [-0.3, -0.25) is 4.99 Å². The molecule has 0 fully saturated rings. The standard InChI is InChI=1S/C16H24N4/c1-13(2)19-16(17-3)18-12-14-6-8-15(9-7-14)20-10-4-5-11-20/h4-9,13H,10-12H2,1-3H3,(H2,17,18,19). The molecule has 0 atom stereocenters. The van der Waals surface area contributed by atoms with Crippen LogP contribution in [-0.2, 0) is 6.54 Å². The highest BCUT2D eigenvalue weighted by Crippen LogP contribution is 2.17. The van der Waals surface area contributed by atoms with Crippen LogP contribution in [0.25, 0.3) is 0 Å². The summed E-state index contributed by atoms with van der Waals surface area (Å²) < 4.78 is 0. The summed E-state index contributed by atoms with van der Waals surface area (Å²) in [6.07, 6.45) is 4.41. The van der Waals surface area contributed by atoms with Gasteiger partial charge in [0.1, 0.15) is 0 Å². The summed E-state index contributed by atoms with van der Waals surface area (Å²) in [7, 11) is 1.79. The molecule has 20 heavy (non-hydrogen) atoms. The smallest absolute Gasteiger partial charge is 0.191 e. The lowest BCUT2D eigenvalue weighted by molar-refractivity contribution is 0.699. The van der Waals surface area contributed by atoms with Crippen LogP contribution in [0.4, 0.5) is 5.69 Å². The second-order valence-corrected chi connectivity index (χ2v) is 5.27. The van der Waals surface area contributed by atoms with Gasteiger partial charge in [-0.2, -0.15) is 0 Å². The SMILES string of the molecule is CN=C(NCc1ccc(N2CC=CC2)cc1)NC(C)C. The molecule has 0 saturated heterocycles. The minimum atomic E-state index is 0.381. The monoisotopic (exact) mass is 272 g/mol. The van der Waals surface area contributed by atoms with Gasteiger partial charge in [-0.15, -0.1) is 0 Å². The summed E-state index contributed by atoms with van der Waals surface area (Å²) in [5, 5.41) is 6.60. The minimum absolute atomic E-state index is 0.381. The number of hydrogen-bond donors (Lipinski definition) is 2. The van der Waals surface area contributed by atoms with Gasteiger partial charge in [0.15, 0.2) is 5.96 Å². The zero-order chi connectivity index (χ0) is 14.4. The third-order valence-corrected chi connectivity index (χ3v) is 3.23. The second kappa shape index (κ2) is 6.98. The molecule has 0 spiro atoms. The predicted octanol–water partition coefficient (Wildman–Crippen LogP) is 2.14.